The second-order valence-electron chi connectivity index (χ2n) is 2.91. The molecule has 1 heterocycles. The van der Waals surface area contributed by atoms with Gasteiger partial charge in [-0.05, 0) is 20.3 Å². The largest absolute Gasteiger partial charge is 0.409 e. The van der Waals surface area contributed by atoms with Crippen molar-refractivity contribution in [2.24, 2.45) is 10.1 Å². The molecule has 0 aromatic heterocycles. The molecule has 0 radical (unpaired) electrons. The third-order valence-electron chi connectivity index (χ3n) is 1.69. The molecule has 1 aliphatic rings. The van der Waals surface area contributed by atoms with Crippen LogP contribution in [0.5, 0.6) is 0 Å². The Labute approximate surface area is 70.6 Å². The Balaban J connectivity index is 2.89. The fourth-order valence-electron chi connectivity index (χ4n) is 1.11. The first-order chi connectivity index (χ1) is 5.10. The molecule has 0 amide bonds. The van der Waals surface area contributed by atoms with Gasteiger partial charge in [-0.15, -0.1) is 0 Å². The number of oxime groups is 1. The highest BCUT2D eigenvalue weighted by atomic mass is 32.2. The van der Waals surface area contributed by atoms with Gasteiger partial charge in [0.1, 0.15) is 0 Å². The van der Waals surface area contributed by atoms with Crippen LogP contribution in [0.2, 0.25) is 0 Å². The van der Waals surface area contributed by atoms with Crippen LogP contribution >= 0.6 is 11.8 Å². The van der Waals surface area contributed by atoms with Crippen molar-refractivity contribution in [3.8, 4) is 0 Å². The summed E-state index contributed by atoms with van der Waals surface area (Å²) in [5, 5.41) is 12.0. The van der Waals surface area contributed by atoms with Gasteiger partial charge in [-0.25, -0.2) is 4.99 Å². The number of hydrogen-bond donors (Lipinski definition) is 1. The van der Waals surface area contributed by atoms with Crippen molar-refractivity contribution in [1.82, 2.24) is 0 Å². The molecule has 0 aliphatic carbocycles. The molecule has 0 aromatic rings. The van der Waals surface area contributed by atoms with Crippen molar-refractivity contribution in [1.29, 1.82) is 0 Å². The minimum atomic E-state index is 0.0102. The Bertz CT molecular complexity index is 220. The van der Waals surface area contributed by atoms with E-state index in [1.807, 2.05) is 0 Å². The van der Waals surface area contributed by atoms with Crippen LogP contribution in [0.25, 0.3) is 0 Å². The van der Waals surface area contributed by atoms with Crippen LogP contribution in [0.4, 0.5) is 0 Å². The quantitative estimate of drug-likeness (QED) is 0.486. The molecule has 0 saturated carbocycles. The zero-order valence-electron chi connectivity index (χ0n) is 6.96. The lowest BCUT2D eigenvalue weighted by Crippen LogP contribution is -2.22. The van der Waals surface area contributed by atoms with Crippen molar-refractivity contribution in [3.63, 3.8) is 0 Å². The van der Waals surface area contributed by atoms with Gasteiger partial charge in [-0.1, -0.05) is 23.8 Å². The average Bonchev–Trinajstić information content (AvgIpc) is 2.24. The maximum Gasteiger partial charge on any atom is 0.226 e. The van der Waals surface area contributed by atoms with Gasteiger partial charge in [0.2, 0.25) is 5.17 Å². The van der Waals surface area contributed by atoms with Gasteiger partial charge in [-0.2, -0.15) is 0 Å². The molecule has 0 unspecified atom stereocenters. The van der Waals surface area contributed by atoms with E-state index in [0.29, 0.717) is 5.17 Å². The van der Waals surface area contributed by atoms with Crippen LogP contribution < -0.4 is 0 Å². The first-order valence-corrected chi connectivity index (χ1v) is 4.41. The number of amidine groups is 1. The Morgan fingerprint density at radius 2 is 2.27 bits per heavy atom. The molecular weight excluding hydrogens is 160 g/mol. The molecule has 0 saturated heterocycles. The van der Waals surface area contributed by atoms with Crippen molar-refractivity contribution >= 4 is 22.6 Å². The molecule has 4 heteroatoms. The van der Waals surface area contributed by atoms with E-state index in [9.17, 15) is 0 Å². The van der Waals surface area contributed by atoms with Crippen LogP contribution in [0, 0.1) is 0 Å². The summed E-state index contributed by atoms with van der Waals surface area (Å²) < 4.78 is 0.0102. The first-order valence-electron chi connectivity index (χ1n) is 3.59. The highest BCUT2D eigenvalue weighted by Crippen LogP contribution is 2.34. The molecule has 0 bridgehead atoms. The topological polar surface area (TPSA) is 45.0 Å². The minimum absolute atomic E-state index is 0.0102. The number of rotatable bonds is 1. The smallest absolute Gasteiger partial charge is 0.226 e. The monoisotopic (exact) mass is 172 g/mol. The Kier molecular flexibility index (Phi) is 2.23. The second-order valence-corrected chi connectivity index (χ2v) is 4.50. The van der Waals surface area contributed by atoms with E-state index in [1.165, 1.54) is 11.8 Å². The normalized spacial score (nSPS) is 25.7. The number of nitrogens with zero attached hydrogens (tertiary/aromatic N) is 2. The molecule has 0 fully saturated rings. The molecule has 1 rings (SSSR count). The van der Waals surface area contributed by atoms with Gasteiger partial charge in [0.15, 0.2) is 0 Å². The predicted octanol–water partition coefficient (Wildman–Crippen LogP) is 2.11. The fourth-order valence-corrected chi connectivity index (χ4v) is 2.07. The van der Waals surface area contributed by atoms with Crippen molar-refractivity contribution in [3.05, 3.63) is 0 Å². The van der Waals surface area contributed by atoms with Crippen LogP contribution in [-0.4, -0.2) is 20.8 Å². The highest BCUT2D eigenvalue weighted by Gasteiger charge is 2.32. The summed E-state index contributed by atoms with van der Waals surface area (Å²) in [4.78, 5) is 4.16. The van der Waals surface area contributed by atoms with E-state index in [0.717, 1.165) is 12.1 Å². The van der Waals surface area contributed by atoms with Crippen LogP contribution in [0.3, 0.4) is 0 Å². The zero-order valence-corrected chi connectivity index (χ0v) is 7.77. The van der Waals surface area contributed by atoms with Crippen molar-refractivity contribution < 1.29 is 5.21 Å². The molecular formula is C7H12N2OS. The van der Waals surface area contributed by atoms with E-state index < -0.39 is 0 Å². The van der Waals surface area contributed by atoms with Crippen molar-refractivity contribution in [2.75, 3.05) is 0 Å². The number of thioether (sulfide) groups is 1. The standard InChI is InChI=1S/C7H12N2OS/c1-4-5-7(2,3)11-6(8-5)9-10/h10H,4H2,1-3H3. The number of aliphatic imine (C=N–C) groups is 1. The van der Waals surface area contributed by atoms with Crippen LogP contribution in [-0.2, 0) is 0 Å². The van der Waals surface area contributed by atoms with Gasteiger partial charge in [0, 0.05) is 5.71 Å². The molecule has 62 valence electrons. The lowest BCUT2D eigenvalue weighted by molar-refractivity contribution is 0.320. The number of hydrogen-bond acceptors (Lipinski definition) is 3. The molecule has 0 spiro atoms. The highest BCUT2D eigenvalue weighted by molar-refractivity contribution is 8.16. The molecule has 3 nitrogen and oxygen atoms in total. The minimum Gasteiger partial charge on any atom is -0.409 e. The van der Waals surface area contributed by atoms with Gasteiger partial charge >= 0.3 is 0 Å². The SMILES string of the molecule is CCC1=NC(=NO)SC1(C)C. The maximum absolute atomic E-state index is 8.47. The average molecular weight is 172 g/mol. The summed E-state index contributed by atoms with van der Waals surface area (Å²) in [5.74, 6) is 0. The second kappa shape index (κ2) is 2.85. The van der Waals surface area contributed by atoms with E-state index in [1.54, 1.807) is 0 Å². The third kappa shape index (κ3) is 1.56. The Morgan fingerprint density at radius 1 is 1.64 bits per heavy atom. The summed E-state index contributed by atoms with van der Waals surface area (Å²) in [6.45, 7) is 6.22. The first kappa shape index (κ1) is 8.59. The maximum atomic E-state index is 8.47. The summed E-state index contributed by atoms with van der Waals surface area (Å²) in [7, 11) is 0. The van der Waals surface area contributed by atoms with Gasteiger partial charge in [-0.3, -0.25) is 0 Å². The predicted molar refractivity (Wildman–Crippen MR) is 48.6 cm³/mol. The molecule has 0 aromatic carbocycles. The van der Waals surface area contributed by atoms with E-state index in [4.69, 9.17) is 5.21 Å². The van der Waals surface area contributed by atoms with Gasteiger partial charge in [0.05, 0.1) is 4.75 Å². The molecule has 1 aliphatic heterocycles. The van der Waals surface area contributed by atoms with E-state index in [-0.39, 0.29) is 4.75 Å². The van der Waals surface area contributed by atoms with Gasteiger partial charge in [0.25, 0.3) is 0 Å². The van der Waals surface area contributed by atoms with Crippen molar-refractivity contribution in [2.45, 2.75) is 31.9 Å². The summed E-state index contributed by atoms with van der Waals surface area (Å²) in [5.41, 5.74) is 1.09. The molecule has 1 N–H and O–H groups in total. The molecule has 0 atom stereocenters. The third-order valence-corrected chi connectivity index (χ3v) is 2.79. The Hall–Kier alpha value is -0.510. The van der Waals surface area contributed by atoms with Gasteiger partial charge < -0.3 is 5.21 Å². The fraction of sp³-hybridized carbons (Fsp3) is 0.714. The summed E-state index contributed by atoms with van der Waals surface area (Å²) >= 11 is 1.50. The summed E-state index contributed by atoms with van der Waals surface area (Å²) in [6, 6.07) is 0. The van der Waals surface area contributed by atoms with Crippen LogP contribution in [0.15, 0.2) is 10.1 Å². The zero-order chi connectivity index (χ0) is 8.48. The summed E-state index contributed by atoms with van der Waals surface area (Å²) in [6.07, 6.45) is 0.916. The van der Waals surface area contributed by atoms with E-state index in [2.05, 4.69) is 30.9 Å². The van der Waals surface area contributed by atoms with Crippen LogP contribution in [0.1, 0.15) is 27.2 Å². The Morgan fingerprint density at radius 3 is 2.55 bits per heavy atom. The lowest BCUT2D eigenvalue weighted by Gasteiger charge is -2.16. The lowest BCUT2D eigenvalue weighted by atomic mass is 10.1. The molecule has 11 heavy (non-hydrogen) atoms. The van der Waals surface area contributed by atoms with E-state index >= 15 is 0 Å².